The summed E-state index contributed by atoms with van der Waals surface area (Å²) in [7, 11) is -4.23. The zero-order valence-corrected chi connectivity index (χ0v) is 18.6. The summed E-state index contributed by atoms with van der Waals surface area (Å²) in [6, 6.07) is 16.9. The Morgan fingerprint density at radius 3 is 2.15 bits per heavy atom. The molecule has 0 bridgehead atoms. The number of hydrogen-bond donors (Lipinski definition) is 0. The lowest BCUT2D eigenvalue weighted by Gasteiger charge is -2.15. The van der Waals surface area contributed by atoms with Crippen molar-refractivity contribution in [3.05, 3.63) is 94.5 Å². The maximum absolute atomic E-state index is 12.9. The van der Waals surface area contributed by atoms with E-state index in [0.29, 0.717) is 5.56 Å². The number of aryl methyl sites for hydroxylation is 2. The summed E-state index contributed by atoms with van der Waals surface area (Å²) in [6.45, 7) is 2.77. The van der Waals surface area contributed by atoms with E-state index in [1.54, 1.807) is 38.1 Å². The van der Waals surface area contributed by atoms with E-state index in [1.165, 1.54) is 42.5 Å². The van der Waals surface area contributed by atoms with Gasteiger partial charge in [-0.15, -0.1) is 0 Å². The number of fused-ring (bicyclic) bond motifs is 1. The minimum atomic E-state index is -4.23. The molecule has 33 heavy (non-hydrogen) atoms. The molecule has 3 aromatic carbocycles. The third kappa shape index (κ3) is 4.22. The first-order chi connectivity index (χ1) is 15.7. The first-order valence-electron chi connectivity index (χ1n) is 9.92. The summed E-state index contributed by atoms with van der Waals surface area (Å²) in [6.07, 6.45) is 0. The predicted octanol–water partition coefficient (Wildman–Crippen LogP) is 3.48. The second-order valence-corrected chi connectivity index (χ2v) is 8.96. The third-order valence-electron chi connectivity index (χ3n) is 5.12. The topological polar surface area (TPSA) is 107 Å². The quantitative estimate of drug-likeness (QED) is 0.312. The van der Waals surface area contributed by atoms with Gasteiger partial charge in [0.15, 0.2) is 12.5 Å². The van der Waals surface area contributed by atoms with Gasteiger partial charge in [0.05, 0.1) is 11.1 Å². The zero-order valence-electron chi connectivity index (χ0n) is 17.8. The number of esters is 1. The van der Waals surface area contributed by atoms with Crippen molar-refractivity contribution < 1.29 is 31.7 Å². The van der Waals surface area contributed by atoms with Crippen LogP contribution in [0, 0.1) is 13.8 Å². The second kappa shape index (κ2) is 8.51. The Morgan fingerprint density at radius 2 is 1.48 bits per heavy atom. The van der Waals surface area contributed by atoms with E-state index in [2.05, 4.69) is 0 Å². The molecule has 0 aliphatic carbocycles. The van der Waals surface area contributed by atoms with E-state index >= 15 is 0 Å². The largest absolute Gasteiger partial charge is 0.440 e. The Bertz CT molecular complexity index is 1360. The van der Waals surface area contributed by atoms with E-state index < -0.39 is 34.6 Å². The second-order valence-electron chi connectivity index (χ2n) is 7.45. The van der Waals surface area contributed by atoms with E-state index in [9.17, 15) is 22.8 Å². The molecule has 0 atom stereocenters. The highest BCUT2D eigenvalue weighted by molar-refractivity contribution is 7.87. The molecular formula is C24H19NO7S. The maximum atomic E-state index is 12.9. The molecule has 0 aromatic heterocycles. The first kappa shape index (κ1) is 22.2. The summed E-state index contributed by atoms with van der Waals surface area (Å²) in [5.74, 6) is -2.33. The van der Waals surface area contributed by atoms with Gasteiger partial charge >= 0.3 is 16.1 Å². The molecule has 0 saturated carbocycles. The van der Waals surface area contributed by atoms with Gasteiger partial charge in [-0.1, -0.05) is 36.4 Å². The van der Waals surface area contributed by atoms with Crippen LogP contribution in [0.15, 0.2) is 71.6 Å². The fraction of sp³-hybridized carbons (Fsp3) is 0.125. The fourth-order valence-corrected chi connectivity index (χ4v) is 4.67. The molecule has 0 N–H and O–H groups in total. The number of carbonyl (C=O) groups is 3. The SMILES string of the molecule is Cc1ccc(C)c(S(=O)(=O)Oc2ccccc2C(=O)OCN2C(=O)c3ccccc3C2=O)c1. The van der Waals surface area contributed by atoms with Crippen LogP contribution in [0.3, 0.4) is 0 Å². The van der Waals surface area contributed by atoms with Crippen molar-refractivity contribution >= 4 is 27.9 Å². The molecule has 0 saturated heterocycles. The van der Waals surface area contributed by atoms with Crippen LogP contribution >= 0.6 is 0 Å². The highest BCUT2D eigenvalue weighted by Gasteiger charge is 2.36. The van der Waals surface area contributed by atoms with Crippen LogP contribution in [0.5, 0.6) is 5.75 Å². The lowest BCUT2D eigenvalue weighted by Crippen LogP contribution is -2.33. The van der Waals surface area contributed by atoms with Crippen molar-refractivity contribution in [2.75, 3.05) is 6.73 Å². The molecule has 0 unspecified atom stereocenters. The molecule has 0 radical (unpaired) electrons. The normalized spacial score (nSPS) is 13.1. The minimum absolute atomic E-state index is 0.0169. The van der Waals surface area contributed by atoms with Gasteiger partial charge in [-0.25, -0.2) is 9.69 Å². The average Bonchev–Trinajstić information content (AvgIpc) is 3.03. The minimum Gasteiger partial charge on any atom is -0.440 e. The summed E-state index contributed by atoms with van der Waals surface area (Å²) < 4.78 is 36.1. The van der Waals surface area contributed by atoms with Gasteiger partial charge in [0, 0.05) is 0 Å². The maximum Gasteiger partial charge on any atom is 0.343 e. The molecule has 1 aliphatic rings. The molecule has 4 rings (SSSR count). The van der Waals surface area contributed by atoms with Gasteiger partial charge in [-0.3, -0.25) is 9.59 Å². The molecule has 168 valence electrons. The number of nitrogens with zero attached hydrogens (tertiary/aromatic N) is 1. The molecule has 9 heteroatoms. The lowest BCUT2D eigenvalue weighted by molar-refractivity contribution is 0.0227. The predicted molar refractivity (Wildman–Crippen MR) is 117 cm³/mol. The van der Waals surface area contributed by atoms with Gasteiger partial charge in [0.2, 0.25) is 0 Å². The number of hydrogen-bond acceptors (Lipinski definition) is 7. The molecule has 0 spiro atoms. The fourth-order valence-electron chi connectivity index (χ4n) is 3.40. The van der Waals surface area contributed by atoms with Gasteiger partial charge in [0.25, 0.3) is 11.8 Å². The monoisotopic (exact) mass is 465 g/mol. The number of benzene rings is 3. The highest BCUT2D eigenvalue weighted by Crippen LogP contribution is 2.27. The van der Waals surface area contributed by atoms with Gasteiger partial charge in [-0.05, 0) is 55.3 Å². The van der Waals surface area contributed by atoms with E-state index in [1.807, 2.05) is 0 Å². The number of ether oxygens (including phenoxy) is 1. The van der Waals surface area contributed by atoms with Crippen molar-refractivity contribution in [3.8, 4) is 5.75 Å². The molecule has 2 amide bonds. The average molecular weight is 465 g/mol. The third-order valence-corrected chi connectivity index (χ3v) is 6.50. The summed E-state index contributed by atoms with van der Waals surface area (Å²) in [4.78, 5) is 38.4. The molecule has 0 fully saturated rings. The standard InChI is InChI=1S/C24H19NO7S/c1-15-11-12-16(2)21(13-15)33(29,30)32-20-10-6-5-9-19(20)24(28)31-14-25-22(26)17-7-3-4-8-18(17)23(25)27/h3-13H,14H2,1-2H3. The van der Waals surface area contributed by atoms with Gasteiger partial charge < -0.3 is 8.92 Å². The molecular weight excluding hydrogens is 446 g/mol. The summed E-state index contributed by atoms with van der Waals surface area (Å²) >= 11 is 0. The Kier molecular flexibility index (Phi) is 5.73. The molecule has 8 nitrogen and oxygen atoms in total. The first-order valence-corrected chi connectivity index (χ1v) is 11.3. The number of para-hydroxylation sites is 1. The van der Waals surface area contributed by atoms with Crippen LogP contribution in [-0.2, 0) is 14.9 Å². The van der Waals surface area contributed by atoms with E-state index in [0.717, 1.165) is 10.5 Å². The van der Waals surface area contributed by atoms with Crippen LogP contribution < -0.4 is 4.18 Å². The smallest absolute Gasteiger partial charge is 0.343 e. The van der Waals surface area contributed by atoms with Gasteiger partial charge in [-0.2, -0.15) is 8.42 Å². The lowest BCUT2D eigenvalue weighted by atomic mass is 10.1. The Balaban J connectivity index is 1.53. The van der Waals surface area contributed by atoms with Crippen LogP contribution in [0.4, 0.5) is 0 Å². The molecule has 1 heterocycles. The van der Waals surface area contributed by atoms with E-state index in [4.69, 9.17) is 8.92 Å². The van der Waals surface area contributed by atoms with E-state index in [-0.39, 0.29) is 27.3 Å². The van der Waals surface area contributed by atoms with Crippen molar-refractivity contribution in [2.45, 2.75) is 18.7 Å². The number of rotatable bonds is 6. The summed E-state index contributed by atoms with van der Waals surface area (Å²) in [5.41, 5.74) is 1.51. The van der Waals surface area contributed by atoms with Crippen molar-refractivity contribution in [1.29, 1.82) is 0 Å². The Hall–Kier alpha value is -3.98. The Labute approximate surface area is 190 Å². The molecule has 3 aromatic rings. The van der Waals surface area contributed by atoms with Crippen LogP contribution in [0.1, 0.15) is 42.2 Å². The molecule has 1 aliphatic heterocycles. The van der Waals surface area contributed by atoms with Gasteiger partial charge in [0.1, 0.15) is 10.5 Å². The zero-order chi connectivity index (χ0) is 23.8. The van der Waals surface area contributed by atoms with Crippen LogP contribution in [0.25, 0.3) is 0 Å². The number of imide groups is 1. The van der Waals surface area contributed by atoms with Crippen LogP contribution in [-0.4, -0.2) is 37.8 Å². The van der Waals surface area contributed by atoms with Crippen molar-refractivity contribution in [2.24, 2.45) is 0 Å². The highest BCUT2D eigenvalue weighted by atomic mass is 32.2. The van der Waals surface area contributed by atoms with Crippen molar-refractivity contribution in [3.63, 3.8) is 0 Å². The number of amides is 2. The number of carbonyl (C=O) groups excluding carboxylic acids is 3. The van der Waals surface area contributed by atoms with Crippen molar-refractivity contribution in [1.82, 2.24) is 4.90 Å². The van der Waals surface area contributed by atoms with Crippen LogP contribution in [0.2, 0.25) is 0 Å². The summed E-state index contributed by atoms with van der Waals surface area (Å²) in [5, 5.41) is 0. The Morgan fingerprint density at radius 1 is 0.879 bits per heavy atom.